The standard InChI is InChI=1S/C9H15N3S/c1-7(2)4-6-13-9-11-5-3-8(10)12-9/h3,5,7H,4,6H2,1-2H3,(H2,10,11,12). The van der Waals surface area contributed by atoms with Gasteiger partial charge in [-0.25, -0.2) is 9.97 Å². The average molecular weight is 197 g/mol. The quantitative estimate of drug-likeness (QED) is 0.594. The van der Waals surface area contributed by atoms with Crippen LogP contribution >= 0.6 is 11.8 Å². The lowest BCUT2D eigenvalue weighted by Crippen LogP contribution is -1.95. The molecular weight excluding hydrogens is 182 g/mol. The molecule has 0 saturated heterocycles. The Morgan fingerprint density at radius 1 is 1.54 bits per heavy atom. The molecule has 0 aliphatic carbocycles. The smallest absolute Gasteiger partial charge is 0.189 e. The van der Waals surface area contributed by atoms with E-state index in [1.165, 1.54) is 6.42 Å². The summed E-state index contributed by atoms with van der Waals surface area (Å²) in [5.74, 6) is 2.33. The second kappa shape index (κ2) is 5.07. The van der Waals surface area contributed by atoms with Gasteiger partial charge >= 0.3 is 0 Å². The monoisotopic (exact) mass is 197 g/mol. The normalized spacial score (nSPS) is 10.7. The van der Waals surface area contributed by atoms with Gasteiger partial charge in [-0.15, -0.1) is 0 Å². The third-order valence-electron chi connectivity index (χ3n) is 1.58. The van der Waals surface area contributed by atoms with Crippen LogP contribution in [0.4, 0.5) is 5.82 Å². The third kappa shape index (κ3) is 4.12. The zero-order valence-electron chi connectivity index (χ0n) is 8.03. The lowest BCUT2D eigenvalue weighted by molar-refractivity contribution is 0.631. The predicted molar refractivity (Wildman–Crippen MR) is 56.6 cm³/mol. The Hall–Kier alpha value is -0.770. The molecule has 0 atom stereocenters. The molecule has 0 aliphatic rings. The maximum atomic E-state index is 5.53. The highest BCUT2D eigenvalue weighted by atomic mass is 32.2. The molecule has 0 radical (unpaired) electrons. The number of hydrogen-bond acceptors (Lipinski definition) is 4. The van der Waals surface area contributed by atoms with Crippen molar-refractivity contribution in [1.82, 2.24) is 9.97 Å². The summed E-state index contributed by atoms with van der Waals surface area (Å²) in [5, 5.41) is 0.778. The number of nitrogens with zero attached hydrogens (tertiary/aromatic N) is 2. The van der Waals surface area contributed by atoms with Crippen LogP contribution in [0.2, 0.25) is 0 Å². The highest BCUT2D eigenvalue weighted by molar-refractivity contribution is 7.99. The number of nitrogen functional groups attached to an aromatic ring is 1. The predicted octanol–water partition coefficient (Wildman–Crippen LogP) is 2.20. The van der Waals surface area contributed by atoms with Crippen LogP contribution in [0.5, 0.6) is 0 Å². The van der Waals surface area contributed by atoms with E-state index in [-0.39, 0.29) is 0 Å². The highest BCUT2D eigenvalue weighted by Crippen LogP contribution is 2.16. The summed E-state index contributed by atoms with van der Waals surface area (Å²) < 4.78 is 0. The largest absolute Gasteiger partial charge is 0.384 e. The SMILES string of the molecule is CC(C)CCSc1nccc(N)n1. The Morgan fingerprint density at radius 3 is 2.92 bits per heavy atom. The first-order valence-corrected chi connectivity index (χ1v) is 5.38. The van der Waals surface area contributed by atoms with E-state index >= 15 is 0 Å². The summed E-state index contributed by atoms with van der Waals surface area (Å²) in [5.41, 5.74) is 5.53. The Balaban J connectivity index is 2.37. The van der Waals surface area contributed by atoms with Gasteiger partial charge in [0.15, 0.2) is 5.16 Å². The molecule has 1 heterocycles. The number of rotatable bonds is 4. The average Bonchev–Trinajstić information content (AvgIpc) is 2.03. The molecule has 0 aromatic carbocycles. The Kier molecular flexibility index (Phi) is 4.02. The van der Waals surface area contributed by atoms with E-state index in [0.29, 0.717) is 5.82 Å². The van der Waals surface area contributed by atoms with Crippen LogP contribution in [0.3, 0.4) is 0 Å². The minimum atomic E-state index is 0.544. The van der Waals surface area contributed by atoms with E-state index in [1.807, 2.05) is 0 Å². The first kappa shape index (κ1) is 10.3. The van der Waals surface area contributed by atoms with Gasteiger partial charge in [0.1, 0.15) is 5.82 Å². The van der Waals surface area contributed by atoms with Gasteiger partial charge < -0.3 is 5.73 Å². The lowest BCUT2D eigenvalue weighted by Gasteiger charge is -2.02. The summed E-state index contributed by atoms with van der Waals surface area (Å²) in [7, 11) is 0. The van der Waals surface area contributed by atoms with E-state index in [4.69, 9.17) is 5.73 Å². The third-order valence-corrected chi connectivity index (χ3v) is 2.48. The molecule has 0 amide bonds. The van der Waals surface area contributed by atoms with Gasteiger partial charge in [-0.2, -0.15) is 0 Å². The van der Waals surface area contributed by atoms with Crippen LogP contribution in [-0.2, 0) is 0 Å². The van der Waals surface area contributed by atoms with Crippen LogP contribution in [0.1, 0.15) is 20.3 Å². The van der Waals surface area contributed by atoms with Gasteiger partial charge in [0.2, 0.25) is 0 Å². The fourth-order valence-electron chi connectivity index (χ4n) is 0.809. The Labute approximate surface area is 83.2 Å². The van der Waals surface area contributed by atoms with Crippen molar-refractivity contribution in [3.63, 3.8) is 0 Å². The Bertz CT molecular complexity index is 263. The topological polar surface area (TPSA) is 51.8 Å². The summed E-state index contributed by atoms with van der Waals surface area (Å²) in [6.45, 7) is 4.42. The highest BCUT2D eigenvalue weighted by Gasteiger charge is 1.99. The van der Waals surface area contributed by atoms with Gasteiger partial charge in [-0.3, -0.25) is 0 Å². The van der Waals surface area contributed by atoms with Crippen molar-refractivity contribution < 1.29 is 0 Å². The molecule has 1 aromatic rings. The maximum Gasteiger partial charge on any atom is 0.189 e. The second-order valence-corrected chi connectivity index (χ2v) is 4.36. The molecular formula is C9H15N3S. The summed E-state index contributed by atoms with van der Waals surface area (Å²) >= 11 is 1.66. The Morgan fingerprint density at radius 2 is 2.31 bits per heavy atom. The van der Waals surface area contributed by atoms with Crippen LogP contribution in [0.15, 0.2) is 17.4 Å². The molecule has 72 valence electrons. The number of hydrogen-bond donors (Lipinski definition) is 1. The molecule has 0 fully saturated rings. The van der Waals surface area contributed by atoms with Crippen LogP contribution in [0, 0.1) is 5.92 Å². The van der Waals surface area contributed by atoms with Gasteiger partial charge in [-0.1, -0.05) is 25.6 Å². The molecule has 1 rings (SSSR count). The van der Waals surface area contributed by atoms with Crippen molar-refractivity contribution in [2.24, 2.45) is 5.92 Å². The molecule has 0 aliphatic heterocycles. The minimum absolute atomic E-state index is 0.544. The fourth-order valence-corrected chi connectivity index (χ4v) is 1.89. The molecule has 0 unspecified atom stereocenters. The molecule has 4 heteroatoms. The number of anilines is 1. The molecule has 3 nitrogen and oxygen atoms in total. The van der Waals surface area contributed by atoms with E-state index in [2.05, 4.69) is 23.8 Å². The van der Waals surface area contributed by atoms with Crippen LogP contribution in [0.25, 0.3) is 0 Å². The molecule has 0 saturated carbocycles. The first-order chi connectivity index (χ1) is 6.18. The molecule has 1 aromatic heterocycles. The van der Waals surface area contributed by atoms with Crippen molar-refractivity contribution in [2.75, 3.05) is 11.5 Å². The van der Waals surface area contributed by atoms with Gasteiger partial charge in [0.25, 0.3) is 0 Å². The summed E-state index contributed by atoms with van der Waals surface area (Å²) in [6.07, 6.45) is 2.88. The number of nitrogens with two attached hydrogens (primary N) is 1. The van der Waals surface area contributed by atoms with Gasteiger partial charge in [0.05, 0.1) is 0 Å². The van der Waals surface area contributed by atoms with E-state index < -0.39 is 0 Å². The zero-order chi connectivity index (χ0) is 9.68. The number of aromatic nitrogens is 2. The minimum Gasteiger partial charge on any atom is -0.384 e. The fraction of sp³-hybridized carbons (Fsp3) is 0.556. The van der Waals surface area contributed by atoms with Gasteiger partial charge in [0, 0.05) is 11.9 Å². The van der Waals surface area contributed by atoms with Crippen molar-refractivity contribution in [2.45, 2.75) is 25.4 Å². The maximum absolute atomic E-state index is 5.53. The van der Waals surface area contributed by atoms with Crippen LogP contribution in [-0.4, -0.2) is 15.7 Å². The van der Waals surface area contributed by atoms with Crippen molar-refractivity contribution in [3.05, 3.63) is 12.3 Å². The molecule has 0 bridgehead atoms. The molecule has 2 N–H and O–H groups in total. The van der Waals surface area contributed by atoms with E-state index in [1.54, 1.807) is 24.0 Å². The summed E-state index contributed by atoms with van der Waals surface area (Å²) in [6, 6.07) is 1.70. The zero-order valence-corrected chi connectivity index (χ0v) is 8.84. The van der Waals surface area contributed by atoms with E-state index in [9.17, 15) is 0 Å². The lowest BCUT2D eigenvalue weighted by atomic mass is 10.2. The van der Waals surface area contributed by atoms with Crippen molar-refractivity contribution in [3.8, 4) is 0 Å². The van der Waals surface area contributed by atoms with Crippen molar-refractivity contribution in [1.29, 1.82) is 0 Å². The van der Waals surface area contributed by atoms with Crippen molar-refractivity contribution >= 4 is 17.6 Å². The second-order valence-electron chi connectivity index (χ2n) is 3.30. The summed E-state index contributed by atoms with van der Waals surface area (Å²) in [4.78, 5) is 8.21. The van der Waals surface area contributed by atoms with Crippen LogP contribution < -0.4 is 5.73 Å². The molecule has 13 heavy (non-hydrogen) atoms. The van der Waals surface area contributed by atoms with E-state index in [0.717, 1.165) is 16.8 Å². The number of thioether (sulfide) groups is 1. The van der Waals surface area contributed by atoms with Gasteiger partial charge in [-0.05, 0) is 18.4 Å². The first-order valence-electron chi connectivity index (χ1n) is 4.40. The molecule has 0 spiro atoms.